The van der Waals surface area contributed by atoms with Gasteiger partial charge < -0.3 is 10.2 Å². The lowest BCUT2D eigenvalue weighted by Gasteiger charge is -2.18. The molecular formula is C22H27N3O6S2. The van der Waals surface area contributed by atoms with Gasteiger partial charge in [0.1, 0.15) is 0 Å². The number of hydrogen-bond acceptors (Lipinski definition) is 6. The van der Waals surface area contributed by atoms with E-state index in [9.17, 15) is 26.4 Å². The summed E-state index contributed by atoms with van der Waals surface area (Å²) >= 11 is 0. The standard InChI is InChI=1S/C22H27N3O6S2/c1-3-25(4-2)22(27)16-8-10-18(11-9-16)23-21(26)17-6-5-7-20(14-17)33(30,31)24-19-12-13-32(28,29)15-19/h5-11,14,19,24H,3-4,12-13,15H2,1-2H3,(H,23,26). The van der Waals surface area contributed by atoms with Crippen molar-refractivity contribution in [2.24, 2.45) is 0 Å². The van der Waals surface area contributed by atoms with E-state index >= 15 is 0 Å². The van der Waals surface area contributed by atoms with Crippen LogP contribution in [0, 0.1) is 0 Å². The maximum absolute atomic E-state index is 12.7. The van der Waals surface area contributed by atoms with Gasteiger partial charge in [0.05, 0.1) is 16.4 Å². The lowest BCUT2D eigenvalue weighted by molar-refractivity contribution is 0.0773. The molecule has 1 atom stereocenters. The van der Waals surface area contributed by atoms with Crippen LogP contribution in [0.5, 0.6) is 0 Å². The summed E-state index contributed by atoms with van der Waals surface area (Å²) in [6.07, 6.45) is 0.217. The fourth-order valence-corrected chi connectivity index (χ4v) is 6.67. The molecule has 1 saturated heterocycles. The second kappa shape index (κ2) is 10.0. The Kier molecular flexibility index (Phi) is 7.55. The summed E-state index contributed by atoms with van der Waals surface area (Å²) in [6, 6.07) is 11.3. The van der Waals surface area contributed by atoms with E-state index < -0.39 is 31.8 Å². The van der Waals surface area contributed by atoms with Crippen LogP contribution in [0.15, 0.2) is 53.4 Å². The SMILES string of the molecule is CCN(CC)C(=O)c1ccc(NC(=O)c2cccc(S(=O)(=O)NC3CCS(=O)(=O)C3)c2)cc1. The summed E-state index contributed by atoms with van der Waals surface area (Å²) in [5.41, 5.74) is 1.09. The van der Waals surface area contributed by atoms with Crippen molar-refractivity contribution in [3.8, 4) is 0 Å². The molecule has 1 fully saturated rings. The third kappa shape index (κ3) is 6.18. The van der Waals surface area contributed by atoms with Gasteiger partial charge in [-0.2, -0.15) is 0 Å². The Labute approximate surface area is 194 Å². The van der Waals surface area contributed by atoms with Gasteiger partial charge >= 0.3 is 0 Å². The second-order valence-electron chi connectivity index (χ2n) is 7.76. The van der Waals surface area contributed by atoms with Crippen molar-refractivity contribution >= 4 is 37.4 Å². The first-order valence-electron chi connectivity index (χ1n) is 10.6. The lowest BCUT2D eigenvalue weighted by Crippen LogP contribution is -2.35. The van der Waals surface area contributed by atoms with Gasteiger partial charge in [-0.25, -0.2) is 21.6 Å². The monoisotopic (exact) mass is 493 g/mol. The van der Waals surface area contributed by atoms with Crippen LogP contribution in [0.1, 0.15) is 41.0 Å². The fraction of sp³-hybridized carbons (Fsp3) is 0.364. The molecule has 3 rings (SSSR count). The van der Waals surface area contributed by atoms with Crippen LogP contribution in [-0.4, -0.2) is 64.2 Å². The minimum Gasteiger partial charge on any atom is -0.339 e. The summed E-state index contributed by atoms with van der Waals surface area (Å²) < 4.78 is 50.9. The van der Waals surface area contributed by atoms with Gasteiger partial charge in [0, 0.05) is 35.9 Å². The van der Waals surface area contributed by atoms with Crippen molar-refractivity contribution in [3.05, 3.63) is 59.7 Å². The Morgan fingerprint density at radius 3 is 2.27 bits per heavy atom. The second-order valence-corrected chi connectivity index (χ2v) is 11.7. The van der Waals surface area contributed by atoms with Crippen molar-refractivity contribution in [3.63, 3.8) is 0 Å². The molecule has 178 valence electrons. The van der Waals surface area contributed by atoms with Crippen LogP contribution in [-0.2, 0) is 19.9 Å². The van der Waals surface area contributed by atoms with Gasteiger partial charge in [0.2, 0.25) is 10.0 Å². The number of carbonyl (C=O) groups is 2. The molecule has 2 amide bonds. The molecule has 11 heteroatoms. The minimum atomic E-state index is -3.99. The highest BCUT2D eigenvalue weighted by molar-refractivity contribution is 7.92. The molecule has 9 nitrogen and oxygen atoms in total. The van der Waals surface area contributed by atoms with Gasteiger partial charge in [-0.1, -0.05) is 6.07 Å². The molecule has 0 aromatic heterocycles. The molecule has 1 unspecified atom stereocenters. The number of anilines is 1. The molecule has 1 aliphatic rings. The average Bonchev–Trinajstić information content (AvgIpc) is 3.12. The maximum Gasteiger partial charge on any atom is 0.255 e. The highest BCUT2D eigenvalue weighted by Gasteiger charge is 2.31. The zero-order chi connectivity index (χ0) is 24.2. The van der Waals surface area contributed by atoms with E-state index in [2.05, 4.69) is 10.0 Å². The molecule has 1 heterocycles. The van der Waals surface area contributed by atoms with E-state index in [1.807, 2.05) is 13.8 Å². The van der Waals surface area contributed by atoms with E-state index in [1.54, 1.807) is 29.2 Å². The van der Waals surface area contributed by atoms with E-state index in [4.69, 9.17) is 0 Å². The minimum absolute atomic E-state index is 0.0536. The van der Waals surface area contributed by atoms with Gasteiger partial charge in [-0.3, -0.25) is 9.59 Å². The Hall–Kier alpha value is -2.76. The Morgan fingerprint density at radius 1 is 1.03 bits per heavy atom. The summed E-state index contributed by atoms with van der Waals surface area (Å²) in [5.74, 6) is -0.905. The van der Waals surface area contributed by atoms with Crippen molar-refractivity contribution in [1.29, 1.82) is 0 Å². The van der Waals surface area contributed by atoms with Crippen LogP contribution in [0.2, 0.25) is 0 Å². The first-order chi connectivity index (χ1) is 15.5. The van der Waals surface area contributed by atoms with Crippen LogP contribution < -0.4 is 10.0 Å². The molecule has 2 aromatic carbocycles. The largest absolute Gasteiger partial charge is 0.339 e. The molecule has 2 N–H and O–H groups in total. The molecular weight excluding hydrogens is 466 g/mol. The quantitative estimate of drug-likeness (QED) is 0.578. The number of benzene rings is 2. The smallest absolute Gasteiger partial charge is 0.255 e. The Morgan fingerprint density at radius 2 is 1.70 bits per heavy atom. The van der Waals surface area contributed by atoms with E-state index in [-0.39, 0.29) is 34.3 Å². The third-order valence-electron chi connectivity index (χ3n) is 5.40. The highest BCUT2D eigenvalue weighted by atomic mass is 32.2. The highest BCUT2D eigenvalue weighted by Crippen LogP contribution is 2.18. The first-order valence-corrected chi connectivity index (χ1v) is 13.9. The summed E-state index contributed by atoms with van der Waals surface area (Å²) in [6.45, 7) is 4.99. The zero-order valence-corrected chi connectivity index (χ0v) is 20.1. The Balaban J connectivity index is 1.70. The van der Waals surface area contributed by atoms with Crippen molar-refractivity contribution in [2.45, 2.75) is 31.2 Å². The number of nitrogens with zero attached hydrogens (tertiary/aromatic N) is 1. The third-order valence-corrected chi connectivity index (χ3v) is 8.69. The van der Waals surface area contributed by atoms with Gasteiger partial charge in [0.15, 0.2) is 9.84 Å². The van der Waals surface area contributed by atoms with Crippen molar-refractivity contribution in [2.75, 3.05) is 29.9 Å². The van der Waals surface area contributed by atoms with E-state index in [0.717, 1.165) is 0 Å². The molecule has 2 aromatic rings. The average molecular weight is 494 g/mol. The van der Waals surface area contributed by atoms with Crippen LogP contribution >= 0.6 is 0 Å². The van der Waals surface area contributed by atoms with Crippen LogP contribution in [0.25, 0.3) is 0 Å². The molecule has 0 aliphatic carbocycles. The molecule has 0 bridgehead atoms. The summed E-state index contributed by atoms with van der Waals surface area (Å²) in [5, 5.41) is 2.69. The van der Waals surface area contributed by atoms with E-state index in [1.165, 1.54) is 24.3 Å². The fourth-order valence-electron chi connectivity index (χ4n) is 3.57. The van der Waals surface area contributed by atoms with Crippen molar-refractivity contribution < 1.29 is 26.4 Å². The summed E-state index contributed by atoms with van der Waals surface area (Å²) in [7, 11) is -7.23. The molecule has 0 spiro atoms. The van der Waals surface area contributed by atoms with Gasteiger partial charge in [-0.05, 0) is 62.7 Å². The number of rotatable bonds is 8. The zero-order valence-electron chi connectivity index (χ0n) is 18.4. The Bertz CT molecular complexity index is 1240. The topological polar surface area (TPSA) is 130 Å². The number of hydrogen-bond donors (Lipinski definition) is 2. The lowest BCUT2D eigenvalue weighted by atomic mass is 10.1. The number of nitrogens with one attached hydrogen (secondary N) is 2. The van der Waals surface area contributed by atoms with E-state index in [0.29, 0.717) is 24.3 Å². The van der Waals surface area contributed by atoms with Crippen LogP contribution in [0.4, 0.5) is 5.69 Å². The molecule has 1 aliphatic heterocycles. The number of amides is 2. The predicted molar refractivity (Wildman–Crippen MR) is 125 cm³/mol. The number of sulfone groups is 1. The number of carbonyl (C=O) groups excluding carboxylic acids is 2. The molecule has 0 saturated carbocycles. The predicted octanol–water partition coefficient (Wildman–Crippen LogP) is 1.89. The first kappa shape index (κ1) is 24.9. The van der Waals surface area contributed by atoms with Gasteiger partial charge in [-0.15, -0.1) is 0 Å². The van der Waals surface area contributed by atoms with Crippen LogP contribution in [0.3, 0.4) is 0 Å². The molecule has 0 radical (unpaired) electrons. The van der Waals surface area contributed by atoms with Crippen molar-refractivity contribution in [1.82, 2.24) is 9.62 Å². The maximum atomic E-state index is 12.7. The summed E-state index contributed by atoms with van der Waals surface area (Å²) in [4.78, 5) is 26.6. The normalized spacial score (nSPS) is 17.5. The number of sulfonamides is 1. The molecule has 33 heavy (non-hydrogen) atoms. The van der Waals surface area contributed by atoms with Gasteiger partial charge in [0.25, 0.3) is 11.8 Å².